The van der Waals surface area contributed by atoms with E-state index in [1.54, 1.807) is 38.1 Å². The van der Waals surface area contributed by atoms with Crippen molar-refractivity contribution >= 4 is 23.7 Å². The van der Waals surface area contributed by atoms with Gasteiger partial charge in [0.05, 0.1) is 7.11 Å². The number of halogens is 3. The summed E-state index contributed by atoms with van der Waals surface area (Å²) in [6, 6.07) is 3.15. The Morgan fingerprint density at radius 1 is 1.00 bits per heavy atom. The number of esters is 1. The standard InChI is InChI=1S/C30H44F3N3O7/c1-7-18(2)24(27(39)34-21(28(40)41-6)14-15-30(31,32)33)36-25(37)22(35-26(38)23-9-8-16-42-23)17-19-10-12-20(13-11-19)43-29(3,4)5/h10-13,18,21-24H,7-9,14-17H2,1-6H3,(H,34,39)(H,35,38)(H,36,37)/t18-,21-,22-,23-,24-/m0/s1. The first-order valence-electron chi connectivity index (χ1n) is 14.5. The third-order valence-corrected chi connectivity index (χ3v) is 6.95. The van der Waals surface area contributed by atoms with E-state index in [1.807, 2.05) is 20.8 Å². The van der Waals surface area contributed by atoms with Crippen LogP contribution in [-0.4, -0.2) is 73.4 Å². The van der Waals surface area contributed by atoms with Crippen molar-refractivity contribution in [1.82, 2.24) is 16.0 Å². The Morgan fingerprint density at radius 2 is 1.65 bits per heavy atom. The molecule has 1 aromatic carbocycles. The van der Waals surface area contributed by atoms with Gasteiger partial charge in [0.2, 0.25) is 17.7 Å². The average molecular weight is 616 g/mol. The van der Waals surface area contributed by atoms with Crippen molar-refractivity contribution in [3.05, 3.63) is 29.8 Å². The Morgan fingerprint density at radius 3 is 2.16 bits per heavy atom. The van der Waals surface area contributed by atoms with Gasteiger partial charge in [-0.25, -0.2) is 4.79 Å². The van der Waals surface area contributed by atoms with E-state index < -0.39 is 78.5 Å². The van der Waals surface area contributed by atoms with Crippen molar-refractivity contribution < 1.29 is 46.6 Å². The number of nitrogens with one attached hydrogen (secondary N) is 3. The smallest absolute Gasteiger partial charge is 0.389 e. The molecule has 13 heteroatoms. The highest BCUT2D eigenvalue weighted by atomic mass is 19.4. The molecule has 1 aliphatic heterocycles. The SMILES string of the molecule is CC[C@H](C)[C@H](NC(=O)[C@H](Cc1ccc(OC(C)(C)C)cc1)NC(=O)[C@@H]1CCCO1)C(=O)N[C@@H](CCC(F)(F)F)C(=O)OC. The molecule has 5 atom stereocenters. The van der Waals surface area contributed by atoms with E-state index in [4.69, 9.17) is 9.47 Å². The van der Waals surface area contributed by atoms with Gasteiger partial charge < -0.3 is 30.2 Å². The molecule has 1 heterocycles. The van der Waals surface area contributed by atoms with E-state index in [9.17, 15) is 32.3 Å². The van der Waals surface area contributed by atoms with E-state index in [0.29, 0.717) is 37.2 Å². The number of benzene rings is 1. The summed E-state index contributed by atoms with van der Waals surface area (Å²) in [6.07, 6.45) is -5.59. The van der Waals surface area contributed by atoms with Crippen molar-refractivity contribution in [3.8, 4) is 5.75 Å². The Labute approximate surface area is 250 Å². The Kier molecular flexibility index (Phi) is 13.3. The quantitative estimate of drug-likeness (QED) is 0.273. The molecule has 1 fully saturated rings. The van der Waals surface area contributed by atoms with Crippen molar-refractivity contribution in [1.29, 1.82) is 0 Å². The molecule has 10 nitrogen and oxygen atoms in total. The first-order valence-corrected chi connectivity index (χ1v) is 14.5. The minimum Gasteiger partial charge on any atom is -0.488 e. The summed E-state index contributed by atoms with van der Waals surface area (Å²) in [5.41, 5.74) is 0.293. The van der Waals surface area contributed by atoms with Crippen molar-refractivity contribution in [2.24, 2.45) is 5.92 Å². The van der Waals surface area contributed by atoms with Gasteiger partial charge in [-0.2, -0.15) is 13.2 Å². The minimum atomic E-state index is -4.55. The summed E-state index contributed by atoms with van der Waals surface area (Å²) in [7, 11) is 1.01. The molecule has 0 spiro atoms. The maximum atomic E-state index is 13.6. The molecule has 0 bridgehead atoms. The summed E-state index contributed by atoms with van der Waals surface area (Å²) in [5.74, 6) is -2.85. The molecule has 0 unspecified atom stereocenters. The molecule has 0 aromatic heterocycles. The molecule has 0 aliphatic carbocycles. The van der Waals surface area contributed by atoms with Gasteiger partial charge in [0.15, 0.2) is 0 Å². The highest BCUT2D eigenvalue weighted by molar-refractivity contribution is 5.94. The second-order valence-electron chi connectivity index (χ2n) is 11.7. The van der Waals surface area contributed by atoms with Crippen LogP contribution in [0.3, 0.4) is 0 Å². The predicted octanol–water partition coefficient (Wildman–Crippen LogP) is 3.60. The van der Waals surface area contributed by atoms with Crippen LogP contribution in [0, 0.1) is 5.92 Å². The van der Waals surface area contributed by atoms with Crippen LogP contribution in [0.4, 0.5) is 13.2 Å². The van der Waals surface area contributed by atoms with E-state index >= 15 is 0 Å². The van der Waals surface area contributed by atoms with Gasteiger partial charge in [-0.1, -0.05) is 32.4 Å². The van der Waals surface area contributed by atoms with Crippen LogP contribution in [0.5, 0.6) is 5.75 Å². The number of hydrogen-bond donors (Lipinski definition) is 3. The lowest BCUT2D eigenvalue weighted by molar-refractivity contribution is -0.151. The highest BCUT2D eigenvalue weighted by Crippen LogP contribution is 2.23. The summed E-state index contributed by atoms with van der Waals surface area (Å²) in [5, 5.41) is 7.69. The third-order valence-electron chi connectivity index (χ3n) is 6.95. The molecular formula is C30H44F3N3O7. The number of methoxy groups -OCH3 is 1. The largest absolute Gasteiger partial charge is 0.488 e. The van der Waals surface area contributed by atoms with Gasteiger partial charge in [0.1, 0.15) is 35.6 Å². The molecule has 242 valence electrons. The van der Waals surface area contributed by atoms with Gasteiger partial charge in [-0.3, -0.25) is 14.4 Å². The molecule has 0 radical (unpaired) electrons. The Balaban J connectivity index is 2.26. The normalized spacial score (nSPS) is 18.1. The maximum Gasteiger partial charge on any atom is 0.389 e. The highest BCUT2D eigenvalue weighted by Gasteiger charge is 2.36. The zero-order chi connectivity index (χ0) is 32.4. The van der Waals surface area contributed by atoms with E-state index in [0.717, 1.165) is 7.11 Å². The third kappa shape index (κ3) is 12.4. The molecule has 3 N–H and O–H groups in total. The fourth-order valence-electron chi connectivity index (χ4n) is 4.46. The second-order valence-corrected chi connectivity index (χ2v) is 11.7. The monoisotopic (exact) mass is 615 g/mol. The predicted molar refractivity (Wildman–Crippen MR) is 152 cm³/mol. The van der Waals surface area contributed by atoms with Crippen molar-refractivity contribution in [2.75, 3.05) is 13.7 Å². The number of rotatable bonds is 14. The van der Waals surface area contributed by atoms with E-state index in [-0.39, 0.29) is 6.42 Å². The molecule has 0 saturated carbocycles. The van der Waals surface area contributed by atoms with Crippen molar-refractivity contribution in [3.63, 3.8) is 0 Å². The fourth-order valence-corrected chi connectivity index (χ4v) is 4.46. The van der Waals surface area contributed by atoms with Gasteiger partial charge in [-0.05, 0) is 63.6 Å². The van der Waals surface area contributed by atoms with Crippen LogP contribution < -0.4 is 20.7 Å². The minimum absolute atomic E-state index is 0.0747. The van der Waals surface area contributed by atoms with E-state index in [2.05, 4.69) is 20.7 Å². The lowest BCUT2D eigenvalue weighted by Crippen LogP contribution is -2.58. The molecule has 1 saturated heterocycles. The Hall–Kier alpha value is -3.35. The van der Waals surface area contributed by atoms with E-state index in [1.165, 1.54) is 0 Å². The number of hydrogen-bond acceptors (Lipinski definition) is 7. The van der Waals surface area contributed by atoms with Gasteiger partial charge in [0, 0.05) is 19.4 Å². The van der Waals surface area contributed by atoms with Gasteiger partial charge in [-0.15, -0.1) is 0 Å². The summed E-state index contributed by atoms with van der Waals surface area (Å²) >= 11 is 0. The topological polar surface area (TPSA) is 132 Å². The molecule has 1 aromatic rings. The zero-order valence-corrected chi connectivity index (χ0v) is 25.6. The van der Waals surface area contributed by atoms with Crippen LogP contribution in [0.1, 0.15) is 72.3 Å². The van der Waals surface area contributed by atoms with Gasteiger partial charge >= 0.3 is 12.1 Å². The number of amides is 3. The number of ether oxygens (including phenoxy) is 3. The first kappa shape index (κ1) is 35.8. The van der Waals surface area contributed by atoms with Crippen LogP contribution in [-0.2, 0) is 35.1 Å². The molecule has 1 aliphatic rings. The van der Waals surface area contributed by atoms with Crippen LogP contribution in [0.2, 0.25) is 0 Å². The first-order chi connectivity index (χ1) is 20.0. The summed E-state index contributed by atoms with van der Waals surface area (Å²) < 4.78 is 54.4. The summed E-state index contributed by atoms with van der Waals surface area (Å²) in [4.78, 5) is 51.9. The van der Waals surface area contributed by atoms with Crippen LogP contribution >= 0.6 is 0 Å². The van der Waals surface area contributed by atoms with Crippen LogP contribution in [0.25, 0.3) is 0 Å². The van der Waals surface area contributed by atoms with Crippen LogP contribution in [0.15, 0.2) is 24.3 Å². The number of carbonyl (C=O) groups is 4. The summed E-state index contributed by atoms with van der Waals surface area (Å²) in [6.45, 7) is 9.62. The zero-order valence-electron chi connectivity index (χ0n) is 25.6. The molecule has 3 amide bonds. The maximum absolute atomic E-state index is 13.6. The Bertz CT molecular complexity index is 1080. The van der Waals surface area contributed by atoms with Crippen molar-refractivity contribution in [2.45, 2.75) is 109 Å². The lowest BCUT2D eigenvalue weighted by Gasteiger charge is -2.28. The fraction of sp³-hybridized carbons (Fsp3) is 0.667. The lowest BCUT2D eigenvalue weighted by atomic mass is 9.96. The molecule has 43 heavy (non-hydrogen) atoms. The number of carbonyl (C=O) groups excluding carboxylic acids is 4. The molecular weight excluding hydrogens is 571 g/mol. The second kappa shape index (κ2) is 15.9. The molecule has 2 rings (SSSR count). The van der Waals surface area contributed by atoms with Gasteiger partial charge in [0.25, 0.3) is 0 Å². The number of alkyl halides is 3. The average Bonchev–Trinajstić information content (AvgIpc) is 3.47.